The number of nitrogens with zero attached hydrogens (tertiary/aromatic N) is 4. The largest absolute Gasteiger partial charge is 0.464 e. The van der Waals surface area contributed by atoms with Crippen LogP contribution in [-0.4, -0.2) is 33.1 Å². The second kappa shape index (κ2) is 7.88. The van der Waals surface area contributed by atoms with Crippen molar-refractivity contribution < 1.29 is 4.74 Å². The van der Waals surface area contributed by atoms with Crippen LogP contribution in [0.5, 0.6) is 6.01 Å². The molecule has 0 radical (unpaired) electrons. The molecule has 2 heterocycles. The molecule has 6 heteroatoms. The lowest BCUT2D eigenvalue weighted by Crippen LogP contribution is -2.06. The molecule has 0 aliphatic carbocycles. The van der Waals surface area contributed by atoms with Crippen molar-refractivity contribution >= 4 is 16.7 Å². The summed E-state index contributed by atoms with van der Waals surface area (Å²) < 4.78 is 5.30. The fraction of sp³-hybridized carbons (Fsp3) is 0.368. The number of anilines is 1. The van der Waals surface area contributed by atoms with Gasteiger partial charge in [0.15, 0.2) is 0 Å². The highest BCUT2D eigenvalue weighted by Gasteiger charge is 2.07. The quantitative estimate of drug-likeness (QED) is 0.704. The van der Waals surface area contributed by atoms with Gasteiger partial charge in [0, 0.05) is 29.9 Å². The zero-order valence-corrected chi connectivity index (χ0v) is 14.9. The van der Waals surface area contributed by atoms with Crippen LogP contribution in [0.4, 0.5) is 5.82 Å². The van der Waals surface area contributed by atoms with Gasteiger partial charge in [0.25, 0.3) is 0 Å². The Hall–Kier alpha value is -2.76. The predicted octanol–water partition coefficient (Wildman–Crippen LogP) is 3.94. The van der Waals surface area contributed by atoms with E-state index in [2.05, 4.69) is 45.2 Å². The molecule has 0 spiro atoms. The van der Waals surface area contributed by atoms with Crippen LogP contribution in [0.3, 0.4) is 0 Å². The van der Waals surface area contributed by atoms with Gasteiger partial charge >= 0.3 is 6.01 Å². The molecular weight excluding hydrogens is 314 g/mol. The first-order valence-electron chi connectivity index (χ1n) is 8.61. The van der Waals surface area contributed by atoms with Gasteiger partial charge in [-0.3, -0.25) is 0 Å². The fourth-order valence-corrected chi connectivity index (χ4v) is 2.53. The van der Waals surface area contributed by atoms with Crippen molar-refractivity contribution in [2.45, 2.75) is 27.2 Å². The highest BCUT2D eigenvalue weighted by molar-refractivity contribution is 5.92. The predicted molar refractivity (Wildman–Crippen MR) is 99.7 cm³/mol. The van der Waals surface area contributed by atoms with Gasteiger partial charge in [0.1, 0.15) is 12.1 Å². The zero-order chi connectivity index (χ0) is 17.6. The molecule has 25 heavy (non-hydrogen) atoms. The topological polar surface area (TPSA) is 72.8 Å². The second-order valence-corrected chi connectivity index (χ2v) is 6.25. The van der Waals surface area contributed by atoms with Crippen LogP contribution in [0.15, 0.2) is 36.9 Å². The van der Waals surface area contributed by atoms with Gasteiger partial charge in [-0.1, -0.05) is 19.9 Å². The van der Waals surface area contributed by atoms with E-state index in [1.807, 2.05) is 19.1 Å². The molecule has 6 nitrogen and oxygen atoms in total. The van der Waals surface area contributed by atoms with E-state index in [1.165, 1.54) is 0 Å². The lowest BCUT2D eigenvalue weighted by atomic mass is 10.1. The SMILES string of the molecule is CCOc1ncc(-c2ccc3ncnc(NCCC(C)C)c3c2)cn1. The molecule has 0 atom stereocenters. The summed E-state index contributed by atoms with van der Waals surface area (Å²) >= 11 is 0. The number of hydrogen-bond acceptors (Lipinski definition) is 6. The Morgan fingerprint density at radius 2 is 1.84 bits per heavy atom. The molecule has 0 saturated carbocycles. The summed E-state index contributed by atoms with van der Waals surface area (Å²) in [7, 11) is 0. The minimum absolute atomic E-state index is 0.395. The maximum Gasteiger partial charge on any atom is 0.316 e. The van der Waals surface area contributed by atoms with Gasteiger partial charge in [0.05, 0.1) is 12.1 Å². The van der Waals surface area contributed by atoms with Crippen molar-refractivity contribution in [1.29, 1.82) is 0 Å². The number of rotatable bonds is 7. The van der Waals surface area contributed by atoms with E-state index in [0.717, 1.165) is 40.8 Å². The standard InChI is InChI=1S/C19H23N5O/c1-4-25-19-21-10-15(11-22-19)14-5-6-17-16(9-14)18(24-12-23-17)20-8-7-13(2)3/h5-6,9-13H,4,7-8H2,1-3H3,(H,20,23,24). The number of ether oxygens (including phenoxy) is 1. The normalized spacial score (nSPS) is 11.0. The number of aromatic nitrogens is 4. The number of nitrogens with one attached hydrogen (secondary N) is 1. The molecule has 0 unspecified atom stereocenters. The lowest BCUT2D eigenvalue weighted by Gasteiger charge is -2.11. The first kappa shape index (κ1) is 17.1. The molecule has 2 aromatic heterocycles. The van der Waals surface area contributed by atoms with E-state index in [4.69, 9.17) is 4.74 Å². The Kier molecular flexibility index (Phi) is 5.38. The smallest absolute Gasteiger partial charge is 0.316 e. The molecule has 0 saturated heterocycles. The van der Waals surface area contributed by atoms with Crippen molar-refractivity contribution in [2.75, 3.05) is 18.5 Å². The molecule has 3 aromatic rings. The average molecular weight is 337 g/mol. The van der Waals surface area contributed by atoms with Gasteiger partial charge in [-0.2, -0.15) is 0 Å². The van der Waals surface area contributed by atoms with E-state index in [-0.39, 0.29) is 0 Å². The van der Waals surface area contributed by atoms with Crippen molar-refractivity contribution in [3.63, 3.8) is 0 Å². The number of hydrogen-bond donors (Lipinski definition) is 1. The summed E-state index contributed by atoms with van der Waals surface area (Å²) in [5.74, 6) is 1.51. The van der Waals surface area contributed by atoms with Crippen LogP contribution in [0.1, 0.15) is 27.2 Å². The number of benzene rings is 1. The van der Waals surface area contributed by atoms with Crippen LogP contribution in [0, 0.1) is 5.92 Å². The molecule has 130 valence electrons. The third-order valence-electron chi connectivity index (χ3n) is 3.88. The first-order chi connectivity index (χ1) is 12.2. The molecule has 1 N–H and O–H groups in total. The summed E-state index contributed by atoms with van der Waals surface area (Å²) in [5.41, 5.74) is 2.87. The molecule has 0 fully saturated rings. The van der Waals surface area contributed by atoms with E-state index in [9.17, 15) is 0 Å². The minimum atomic E-state index is 0.395. The summed E-state index contributed by atoms with van der Waals surface area (Å²) in [5, 5.41) is 4.42. The van der Waals surface area contributed by atoms with Crippen molar-refractivity contribution in [2.24, 2.45) is 5.92 Å². The van der Waals surface area contributed by atoms with Gasteiger partial charge in [0.2, 0.25) is 0 Å². The lowest BCUT2D eigenvalue weighted by molar-refractivity contribution is 0.312. The maximum atomic E-state index is 5.30. The summed E-state index contributed by atoms with van der Waals surface area (Å²) in [4.78, 5) is 17.2. The van der Waals surface area contributed by atoms with Gasteiger partial charge < -0.3 is 10.1 Å². The van der Waals surface area contributed by atoms with Crippen molar-refractivity contribution in [3.8, 4) is 17.1 Å². The van der Waals surface area contributed by atoms with Crippen LogP contribution in [-0.2, 0) is 0 Å². The third-order valence-corrected chi connectivity index (χ3v) is 3.88. The zero-order valence-electron chi connectivity index (χ0n) is 14.9. The highest BCUT2D eigenvalue weighted by Crippen LogP contribution is 2.26. The minimum Gasteiger partial charge on any atom is -0.464 e. The molecule has 0 amide bonds. The molecule has 0 bridgehead atoms. The van der Waals surface area contributed by atoms with Crippen LogP contribution in [0.2, 0.25) is 0 Å². The van der Waals surface area contributed by atoms with E-state index in [0.29, 0.717) is 18.5 Å². The Morgan fingerprint density at radius 1 is 1.04 bits per heavy atom. The van der Waals surface area contributed by atoms with Crippen molar-refractivity contribution in [1.82, 2.24) is 19.9 Å². The summed E-state index contributed by atoms with van der Waals surface area (Å²) in [6.45, 7) is 7.78. The van der Waals surface area contributed by atoms with Gasteiger partial charge in [-0.05, 0) is 37.0 Å². The fourth-order valence-electron chi connectivity index (χ4n) is 2.53. The van der Waals surface area contributed by atoms with Crippen LogP contribution < -0.4 is 10.1 Å². The first-order valence-corrected chi connectivity index (χ1v) is 8.61. The monoisotopic (exact) mass is 337 g/mol. The number of fused-ring (bicyclic) bond motifs is 1. The van der Waals surface area contributed by atoms with Crippen molar-refractivity contribution in [3.05, 3.63) is 36.9 Å². The average Bonchev–Trinajstić information content (AvgIpc) is 2.62. The Balaban J connectivity index is 1.89. The van der Waals surface area contributed by atoms with Crippen LogP contribution >= 0.6 is 0 Å². The molecule has 0 aliphatic rings. The van der Waals surface area contributed by atoms with E-state index < -0.39 is 0 Å². The third kappa shape index (κ3) is 4.21. The second-order valence-electron chi connectivity index (χ2n) is 6.25. The van der Waals surface area contributed by atoms with E-state index >= 15 is 0 Å². The van der Waals surface area contributed by atoms with Crippen LogP contribution in [0.25, 0.3) is 22.0 Å². The Morgan fingerprint density at radius 3 is 2.56 bits per heavy atom. The molecule has 3 rings (SSSR count). The molecule has 1 aromatic carbocycles. The highest BCUT2D eigenvalue weighted by atomic mass is 16.5. The molecular formula is C19H23N5O. The Bertz CT molecular complexity index is 833. The summed E-state index contributed by atoms with van der Waals surface area (Å²) in [6.07, 6.45) is 6.24. The summed E-state index contributed by atoms with van der Waals surface area (Å²) in [6, 6.07) is 6.49. The van der Waals surface area contributed by atoms with E-state index in [1.54, 1.807) is 18.7 Å². The molecule has 0 aliphatic heterocycles. The van der Waals surface area contributed by atoms with Gasteiger partial charge in [-0.25, -0.2) is 19.9 Å². The maximum absolute atomic E-state index is 5.30. The van der Waals surface area contributed by atoms with Gasteiger partial charge in [-0.15, -0.1) is 0 Å². The Labute approximate surface area is 147 Å².